The van der Waals surface area contributed by atoms with Gasteiger partial charge in [-0.3, -0.25) is 0 Å². The lowest BCUT2D eigenvalue weighted by atomic mass is 9.91. The van der Waals surface area contributed by atoms with Gasteiger partial charge in [-0.1, -0.05) is 17.7 Å². The molecule has 2 nitrogen and oxygen atoms in total. The van der Waals surface area contributed by atoms with Crippen LogP contribution in [0, 0.1) is 5.82 Å². The van der Waals surface area contributed by atoms with Crippen molar-refractivity contribution < 1.29 is 4.39 Å². The van der Waals surface area contributed by atoms with Crippen LogP contribution >= 0.6 is 11.6 Å². The maximum absolute atomic E-state index is 13.1. The number of nitrogens with zero attached hydrogens (tertiary/aromatic N) is 1. The number of nitrogens with one attached hydrogen (secondary N) is 1. The first kappa shape index (κ1) is 13.7. The number of fused-ring (bicyclic) bond motifs is 1. The molecule has 1 aromatic heterocycles. The summed E-state index contributed by atoms with van der Waals surface area (Å²) in [6.07, 6.45) is 7.93. The van der Waals surface area contributed by atoms with Gasteiger partial charge in [0.25, 0.3) is 0 Å². The van der Waals surface area contributed by atoms with E-state index in [2.05, 4.69) is 22.3 Å². The van der Waals surface area contributed by atoms with Crippen LogP contribution in [-0.4, -0.2) is 11.6 Å². The van der Waals surface area contributed by atoms with Gasteiger partial charge in [-0.05, 0) is 55.1 Å². The van der Waals surface area contributed by atoms with Gasteiger partial charge >= 0.3 is 0 Å². The maximum Gasteiger partial charge on any atom is 0.124 e. The number of benzene rings is 1. The Morgan fingerprint density at radius 2 is 2.25 bits per heavy atom. The zero-order valence-corrected chi connectivity index (χ0v) is 12.3. The Labute approximate surface area is 123 Å². The summed E-state index contributed by atoms with van der Waals surface area (Å²) in [5, 5.41) is 3.85. The predicted octanol–water partition coefficient (Wildman–Crippen LogP) is 3.93. The normalized spacial score (nSPS) is 18.1. The largest absolute Gasteiger partial charge is 0.349 e. The molecule has 4 heteroatoms. The third-order valence-electron chi connectivity index (χ3n) is 4.03. The van der Waals surface area contributed by atoms with Crippen LogP contribution in [0.4, 0.5) is 4.39 Å². The van der Waals surface area contributed by atoms with Crippen LogP contribution in [0.15, 0.2) is 30.6 Å². The van der Waals surface area contributed by atoms with E-state index < -0.39 is 0 Å². The summed E-state index contributed by atoms with van der Waals surface area (Å²) in [5.74, 6) is -0.291. The van der Waals surface area contributed by atoms with E-state index in [1.54, 1.807) is 6.07 Å². The molecule has 0 bridgehead atoms. The monoisotopic (exact) mass is 292 g/mol. The second-order valence-corrected chi connectivity index (χ2v) is 5.79. The minimum atomic E-state index is -0.291. The molecular formula is C16H18ClFN2. The number of hydrogen-bond donors (Lipinski definition) is 1. The standard InChI is InChI=1S/C16H18ClFN2/c1-19-16-4-2-3-11-8-20(10-14(11)16)9-12-5-6-13(18)7-15(12)17/h5-8,10,16,19H,2-4,9H2,1H3. The smallest absolute Gasteiger partial charge is 0.124 e. The molecule has 0 saturated carbocycles. The van der Waals surface area contributed by atoms with E-state index in [9.17, 15) is 4.39 Å². The third kappa shape index (κ3) is 2.60. The van der Waals surface area contributed by atoms with E-state index in [0.29, 0.717) is 17.6 Å². The van der Waals surface area contributed by atoms with E-state index in [1.807, 2.05) is 7.05 Å². The van der Waals surface area contributed by atoms with E-state index in [0.717, 1.165) is 12.0 Å². The van der Waals surface area contributed by atoms with Crippen molar-refractivity contribution in [3.63, 3.8) is 0 Å². The fraction of sp³-hybridized carbons (Fsp3) is 0.375. The number of aryl methyl sites for hydroxylation is 1. The Hall–Kier alpha value is -1.32. The molecule has 1 unspecified atom stereocenters. The summed E-state index contributed by atoms with van der Waals surface area (Å²) in [6, 6.07) is 5.04. The molecule has 3 rings (SSSR count). The van der Waals surface area contributed by atoms with Crippen molar-refractivity contribution in [1.29, 1.82) is 0 Å². The van der Waals surface area contributed by atoms with Gasteiger partial charge in [0.1, 0.15) is 5.82 Å². The molecule has 0 amide bonds. The van der Waals surface area contributed by atoms with Crippen molar-refractivity contribution in [2.24, 2.45) is 0 Å². The lowest BCUT2D eigenvalue weighted by Gasteiger charge is -2.21. The molecule has 1 N–H and O–H groups in total. The van der Waals surface area contributed by atoms with Crippen LogP contribution in [-0.2, 0) is 13.0 Å². The van der Waals surface area contributed by atoms with Gasteiger partial charge in [-0.15, -0.1) is 0 Å². The summed E-state index contributed by atoms with van der Waals surface area (Å²) in [7, 11) is 2.01. The molecule has 0 spiro atoms. The van der Waals surface area contributed by atoms with Gasteiger partial charge in [0.15, 0.2) is 0 Å². The van der Waals surface area contributed by atoms with Gasteiger partial charge < -0.3 is 9.88 Å². The highest BCUT2D eigenvalue weighted by Crippen LogP contribution is 2.30. The minimum absolute atomic E-state index is 0.291. The first-order valence-corrected chi connectivity index (χ1v) is 7.35. The highest BCUT2D eigenvalue weighted by atomic mass is 35.5. The molecule has 0 radical (unpaired) electrons. The highest BCUT2D eigenvalue weighted by molar-refractivity contribution is 6.31. The number of rotatable bonds is 3. The zero-order chi connectivity index (χ0) is 14.1. The molecule has 0 aliphatic heterocycles. The third-order valence-corrected chi connectivity index (χ3v) is 4.38. The molecule has 1 heterocycles. The maximum atomic E-state index is 13.1. The van der Waals surface area contributed by atoms with E-state index in [1.165, 1.54) is 36.1 Å². The van der Waals surface area contributed by atoms with Crippen LogP contribution in [0.2, 0.25) is 5.02 Å². The summed E-state index contributed by atoms with van der Waals surface area (Å²) in [6.45, 7) is 0.683. The Bertz CT molecular complexity index is 621. The fourth-order valence-corrected chi connectivity index (χ4v) is 3.21. The lowest BCUT2D eigenvalue weighted by molar-refractivity contribution is 0.498. The van der Waals surface area contributed by atoms with Gasteiger partial charge in [-0.2, -0.15) is 0 Å². The predicted molar refractivity (Wildman–Crippen MR) is 79.7 cm³/mol. The fourth-order valence-electron chi connectivity index (χ4n) is 2.99. The first-order valence-electron chi connectivity index (χ1n) is 6.97. The van der Waals surface area contributed by atoms with Crippen molar-refractivity contribution in [3.8, 4) is 0 Å². The van der Waals surface area contributed by atoms with Crippen molar-refractivity contribution in [1.82, 2.24) is 9.88 Å². The molecule has 1 aliphatic rings. The second-order valence-electron chi connectivity index (χ2n) is 5.38. The summed E-state index contributed by atoms with van der Waals surface area (Å²) < 4.78 is 15.2. The Balaban J connectivity index is 1.87. The van der Waals surface area contributed by atoms with Gasteiger partial charge in [0.2, 0.25) is 0 Å². The zero-order valence-electron chi connectivity index (χ0n) is 11.5. The molecule has 1 aliphatic carbocycles. The molecule has 1 atom stereocenters. The Morgan fingerprint density at radius 3 is 3.00 bits per heavy atom. The van der Waals surface area contributed by atoms with Crippen molar-refractivity contribution in [2.75, 3.05) is 7.05 Å². The second kappa shape index (κ2) is 5.58. The topological polar surface area (TPSA) is 17.0 Å². The minimum Gasteiger partial charge on any atom is -0.349 e. The van der Waals surface area contributed by atoms with Crippen LogP contribution in [0.1, 0.15) is 35.6 Å². The van der Waals surface area contributed by atoms with E-state index in [-0.39, 0.29) is 5.82 Å². The highest BCUT2D eigenvalue weighted by Gasteiger charge is 2.20. The van der Waals surface area contributed by atoms with Crippen LogP contribution in [0.25, 0.3) is 0 Å². The van der Waals surface area contributed by atoms with Gasteiger partial charge in [0, 0.05) is 30.0 Å². The molecule has 106 valence electrons. The van der Waals surface area contributed by atoms with Crippen molar-refractivity contribution in [2.45, 2.75) is 31.8 Å². The molecule has 20 heavy (non-hydrogen) atoms. The Kier molecular flexibility index (Phi) is 3.81. The van der Waals surface area contributed by atoms with Crippen molar-refractivity contribution >= 4 is 11.6 Å². The Morgan fingerprint density at radius 1 is 1.40 bits per heavy atom. The van der Waals surface area contributed by atoms with Gasteiger partial charge in [-0.25, -0.2) is 4.39 Å². The average Bonchev–Trinajstić information content (AvgIpc) is 2.84. The average molecular weight is 293 g/mol. The molecule has 0 fully saturated rings. The summed E-state index contributed by atoms with van der Waals surface area (Å²) in [5.41, 5.74) is 3.74. The molecular weight excluding hydrogens is 275 g/mol. The van der Waals surface area contributed by atoms with Gasteiger partial charge in [0.05, 0.1) is 0 Å². The van der Waals surface area contributed by atoms with E-state index >= 15 is 0 Å². The van der Waals surface area contributed by atoms with E-state index in [4.69, 9.17) is 11.6 Å². The first-order chi connectivity index (χ1) is 9.67. The number of halogens is 2. The van der Waals surface area contributed by atoms with Crippen LogP contribution < -0.4 is 5.32 Å². The molecule has 1 aromatic carbocycles. The summed E-state index contributed by atoms with van der Waals surface area (Å²) >= 11 is 6.10. The van der Waals surface area contributed by atoms with Crippen LogP contribution in [0.5, 0.6) is 0 Å². The quantitative estimate of drug-likeness (QED) is 0.907. The molecule has 0 saturated heterocycles. The number of aromatic nitrogens is 1. The lowest BCUT2D eigenvalue weighted by Crippen LogP contribution is -2.20. The van der Waals surface area contributed by atoms with Crippen LogP contribution in [0.3, 0.4) is 0 Å². The molecule has 2 aromatic rings. The SMILES string of the molecule is CNC1CCCc2cn(Cc3ccc(F)cc3Cl)cc21. The van der Waals surface area contributed by atoms with Crippen molar-refractivity contribution in [3.05, 3.63) is 58.1 Å². The summed E-state index contributed by atoms with van der Waals surface area (Å²) in [4.78, 5) is 0. The number of hydrogen-bond acceptors (Lipinski definition) is 1.